The van der Waals surface area contributed by atoms with Crippen LogP contribution in [0.3, 0.4) is 0 Å². The SMILES string of the molecule is Cc1cccc(NCc2c(C)nn(C)c2C)c1C. The maximum Gasteiger partial charge on any atom is 0.0646 e. The van der Waals surface area contributed by atoms with Crippen LogP contribution in [-0.2, 0) is 13.6 Å². The summed E-state index contributed by atoms with van der Waals surface area (Å²) in [6, 6.07) is 6.36. The molecule has 2 aromatic rings. The van der Waals surface area contributed by atoms with Crippen molar-refractivity contribution >= 4 is 5.69 Å². The zero-order valence-electron chi connectivity index (χ0n) is 11.8. The molecule has 0 aliphatic heterocycles. The Morgan fingerprint density at radius 3 is 2.50 bits per heavy atom. The van der Waals surface area contributed by atoms with Crippen LogP contribution in [0.4, 0.5) is 5.69 Å². The van der Waals surface area contributed by atoms with Gasteiger partial charge >= 0.3 is 0 Å². The summed E-state index contributed by atoms with van der Waals surface area (Å²) >= 11 is 0. The summed E-state index contributed by atoms with van der Waals surface area (Å²) in [5, 5.41) is 7.95. The van der Waals surface area contributed by atoms with Crippen molar-refractivity contribution in [1.29, 1.82) is 0 Å². The fourth-order valence-corrected chi connectivity index (χ4v) is 2.20. The van der Waals surface area contributed by atoms with Crippen LogP contribution in [0.1, 0.15) is 28.1 Å². The van der Waals surface area contributed by atoms with E-state index >= 15 is 0 Å². The maximum atomic E-state index is 4.44. The predicted molar refractivity (Wildman–Crippen MR) is 75.9 cm³/mol. The molecule has 3 heteroatoms. The molecule has 0 aliphatic carbocycles. The third-order valence-corrected chi connectivity index (χ3v) is 3.72. The monoisotopic (exact) mass is 243 g/mol. The van der Waals surface area contributed by atoms with Gasteiger partial charge in [0.2, 0.25) is 0 Å². The molecule has 0 radical (unpaired) electrons. The predicted octanol–water partition coefficient (Wildman–Crippen LogP) is 3.27. The van der Waals surface area contributed by atoms with E-state index in [9.17, 15) is 0 Å². The van der Waals surface area contributed by atoms with Crippen molar-refractivity contribution in [2.45, 2.75) is 34.2 Å². The molecule has 96 valence electrons. The third kappa shape index (κ3) is 2.26. The lowest BCUT2D eigenvalue weighted by Crippen LogP contribution is -2.04. The van der Waals surface area contributed by atoms with Crippen molar-refractivity contribution < 1.29 is 0 Å². The molecule has 1 N–H and O–H groups in total. The lowest BCUT2D eigenvalue weighted by molar-refractivity contribution is 0.730. The smallest absolute Gasteiger partial charge is 0.0646 e. The Balaban J connectivity index is 2.19. The van der Waals surface area contributed by atoms with Gasteiger partial charge in [0.25, 0.3) is 0 Å². The molecule has 1 heterocycles. The highest BCUT2D eigenvalue weighted by Crippen LogP contribution is 2.20. The average molecular weight is 243 g/mol. The van der Waals surface area contributed by atoms with Gasteiger partial charge < -0.3 is 5.32 Å². The number of anilines is 1. The Morgan fingerprint density at radius 1 is 1.17 bits per heavy atom. The van der Waals surface area contributed by atoms with Gasteiger partial charge in [-0.05, 0) is 44.9 Å². The molecular formula is C15H21N3. The number of benzene rings is 1. The second-order valence-corrected chi connectivity index (χ2v) is 4.87. The molecule has 0 amide bonds. The molecule has 1 aromatic carbocycles. The Kier molecular flexibility index (Phi) is 3.41. The Bertz CT molecular complexity index is 567. The average Bonchev–Trinajstić information content (AvgIpc) is 2.56. The van der Waals surface area contributed by atoms with Crippen LogP contribution < -0.4 is 5.32 Å². The summed E-state index contributed by atoms with van der Waals surface area (Å²) in [5.74, 6) is 0. The lowest BCUT2D eigenvalue weighted by Gasteiger charge is -2.11. The van der Waals surface area contributed by atoms with E-state index in [4.69, 9.17) is 0 Å². The minimum Gasteiger partial charge on any atom is -0.381 e. The van der Waals surface area contributed by atoms with Gasteiger partial charge in [0.15, 0.2) is 0 Å². The van der Waals surface area contributed by atoms with Crippen LogP contribution in [0.2, 0.25) is 0 Å². The molecule has 18 heavy (non-hydrogen) atoms. The molecule has 3 nitrogen and oxygen atoms in total. The highest BCUT2D eigenvalue weighted by Gasteiger charge is 2.09. The van der Waals surface area contributed by atoms with Crippen LogP contribution in [-0.4, -0.2) is 9.78 Å². The van der Waals surface area contributed by atoms with Gasteiger partial charge in [-0.25, -0.2) is 0 Å². The number of nitrogens with zero attached hydrogens (tertiary/aromatic N) is 2. The molecule has 0 atom stereocenters. The number of nitrogens with one attached hydrogen (secondary N) is 1. The summed E-state index contributed by atoms with van der Waals surface area (Å²) in [4.78, 5) is 0. The normalized spacial score (nSPS) is 10.7. The van der Waals surface area contributed by atoms with Gasteiger partial charge in [-0.15, -0.1) is 0 Å². The molecule has 0 unspecified atom stereocenters. The first-order chi connectivity index (χ1) is 8.50. The number of hydrogen-bond donors (Lipinski definition) is 1. The number of rotatable bonds is 3. The second-order valence-electron chi connectivity index (χ2n) is 4.87. The van der Waals surface area contributed by atoms with Crippen molar-refractivity contribution in [1.82, 2.24) is 9.78 Å². The molecule has 2 rings (SSSR count). The van der Waals surface area contributed by atoms with Crippen LogP contribution in [0.5, 0.6) is 0 Å². The third-order valence-electron chi connectivity index (χ3n) is 3.72. The topological polar surface area (TPSA) is 29.9 Å². The standard InChI is InChI=1S/C15H21N3/c1-10-7-6-8-15(11(10)2)16-9-14-12(3)17-18(5)13(14)4/h6-8,16H,9H2,1-5H3. The van der Waals surface area contributed by atoms with Crippen LogP contribution in [0.15, 0.2) is 18.2 Å². The van der Waals surface area contributed by atoms with Crippen LogP contribution in [0, 0.1) is 27.7 Å². The van der Waals surface area contributed by atoms with E-state index in [-0.39, 0.29) is 0 Å². The fraction of sp³-hybridized carbons (Fsp3) is 0.400. The zero-order valence-corrected chi connectivity index (χ0v) is 11.8. The second kappa shape index (κ2) is 4.84. The Hall–Kier alpha value is -1.77. The molecule has 0 fully saturated rings. The van der Waals surface area contributed by atoms with Gasteiger partial charge in [0.05, 0.1) is 5.69 Å². The molecule has 1 aromatic heterocycles. The Labute approximate surface area is 109 Å². The first kappa shape index (κ1) is 12.7. The van der Waals surface area contributed by atoms with Gasteiger partial charge in [0.1, 0.15) is 0 Å². The van der Waals surface area contributed by atoms with Crippen molar-refractivity contribution in [3.05, 3.63) is 46.3 Å². The maximum absolute atomic E-state index is 4.44. The highest BCUT2D eigenvalue weighted by atomic mass is 15.3. The van der Waals surface area contributed by atoms with E-state index in [0.717, 1.165) is 12.2 Å². The summed E-state index contributed by atoms with van der Waals surface area (Å²) in [6.07, 6.45) is 0. The van der Waals surface area contributed by atoms with Gasteiger partial charge in [0, 0.05) is 30.5 Å². The molecule has 0 bridgehead atoms. The van der Waals surface area contributed by atoms with Crippen molar-refractivity contribution in [3.63, 3.8) is 0 Å². The molecular weight excluding hydrogens is 222 g/mol. The molecule has 0 aliphatic rings. The summed E-state index contributed by atoms with van der Waals surface area (Å²) in [5.41, 5.74) is 7.46. The van der Waals surface area contributed by atoms with E-state index in [1.807, 2.05) is 11.7 Å². The van der Waals surface area contributed by atoms with E-state index in [1.54, 1.807) is 0 Å². The first-order valence-corrected chi connectivity index (χ1v) is 6.30. The fourth-order valence-electron chi connectivity index (χ4n) is 2.20. The Morgan fingerprint density at radius 2 is 1.89 bits per heavy atom. The largest absolute Gasteiger partial charge is 0.381 e. The number of aryl methyl sites for hydroxylation is 3. The molecule has 0 spiro atoms. The lowest BCUT2D eigenvalue weighted by atomic mass is 10.1. The molecule has 0 saturated heterocycles. The van der Waals surface area contributed by atoms with E-state index in [2.05, 4.69) is 56.3 Å². The summed E-state index contributed by atoms with van der Waals surface area (Å²) in [7, 11) is 1.99. The number of aromatic nitrogens is 2. The van der Waals surface area contributed by atoms with Crippen molar-refractivity contribution in [3.8, 4) is 0 Å². The van der Waals surface area contributed by atoms with E-state index in [0.29, 0.717) is 0 Å². The molecule has 0 saturated carbocycles. The van der Waals surface area contributed by atoms with Crippen LogP contribution in [0.25, 0.3) is 0 Å². The van der Waals surface area contributed by atoms with Gasteiger partial charge in [-0.3, -0.25) is 4.68 Å². The van der Waals surface area contributed by atoms with Crippen LogP contribution >= 0.6 is 0 Å². The zero-order chi connectivity index (χ0) is 13.3. The first-order valence-electron chi connectivity index (χ1n) is 6.30. The van der Waals surface area contributed by atoms with Gasteiger partial charge in [-0.2, -0.15) is 5.10 Å². The quantitative estimate of drug-likeness (QED) is 0.896. The highest BCUT2D eigenvalue weighted by molar-refractivity contribution is 5.54. The van der Waals surface area contributed by atoms with Gasteiger partial charge in [-0.1, -0.05) is 12.1 Å². The van der Waals surface area contributed by atoms with Crippen molar-refractivity contribution in [2.24, 2.45) is 7.05 Å². The minimum absolute atomic E-state index is 0.829. The summed E-state index contributed by atoms with van der Waals surface area (Å²) < 4.78 is 1.94. The number of hydrogen-bond acceptors (Lipinski definition) is 2. The van der Waals surface area contributed by atoms with E-state index in [1.165, 1.54) is 28.1 Å². The van der Waals surface area contributed by atoms with E-state index < -0.39 is 0 Å². The minimum atomic E-state index is 0.829. The van der Waals surface area contributed by atoms with Crippen molar-refractivity contribution in [2.75, 3.05) is 5.32 Å². The summed E-state index contributed by atoms with van der Waals surface area (Å²) in [6.45, 7) is 9.30.